The summed E-state index contributed by atoms with van der Waals surface area (Å²) in [5.41, 5.74) is 3.51. The Morgan fingerprint density at radius 3 is 2.85 bits per heavy atom. The molecule has 1 aliphatic rings. The number of hydrogen-bond acceptors (Lipinski definition) is 3. The van der Waals surface area contributed by atoms with Gasteiger partial charge in [0.05, 0.1) is 5.56 Å². The van der Waals surface area contributed by atoms with Gasteiger partial charge in [-0.1, -0.05) is 24.3 Å². The topological polar surface area (TPSA) is 61.4 Å². The lowest BCUT2D eigenvalue weighted by molar-refractivity contribution is 0.102. The zero-order valence-electron chi connectivity index (χ0n) is 11.0. The van der Waals surface area contributed by atoms with Crippen LogP contribution in [0.15, 0.2) is 42.5 Å². The first-order chi connectivity index (χ1) is 9.75. The fourth-order valence-electron chi connectivity index (χ4n) is 2.50. The van der Waals surface area contributed by atoms with E-state index < -0.39 is 0 Å². The van der Waals surface area contributed by atoms with E-state index in [1.54, 1.807) is 18.2 Å². The molecule has 0 fully saturated rings. The third kappa shape index (κ3) is 2.38. The number of phenolic OH excluding ortho intramolecular Hbond substituents is 1. The molecule has 102 valence electrons. The van der Waals surface area contributed by atoms with E-state index in [0.29, 0.717) is 5.56 Å². The van der Waals surface area contributed by atoms with Gasteiger partial charge in [-0.2, -0.15) is 0 Å². The smallest absolute Gasteiger partial charge is 0.259 e. The molecule has 2 aromatic rings. The Morgan fingerprint density at radius 1 is 1.15 bits per heavy atom. The summed E-state index contributed by atoms with van der Waals surface area (Å²) < 4.78 is 0. The van der Waals surface area contributed by atoms with Crippen LogP contribution in [0.4, 0.5) is 5.69 Å². The molecule has 0 bridgehead atoms. The molecule has 3 N–H and O–H groups in total. The second-order valence-electron chi connectivity index (χ2n) is 4.84. The molecule has 1 heterocycles. The molecule has 0 saturated heterocycles. The maximum Gasteiger partial charge on any atom is 0.259 e. The van der Waals surface area contributed by atoms with Crippen LogP contribution in [-0.2, 0) is 13.0 Å². The normalized spacial score (nSPS) is 13.6. The van der Waals surface area contributed by atoms with Crippen molar-refractivity contribution in [1.29, 1.82) is 0 Å². The minimum Gasteiger partial charge on any atom is -0.507 e. The first-order valence-electron chi connectivity index (χ1n) is 6.66. The molecule has 0 aliphatic carbocycles. The summed E-state index contributed by atoms with van der Waals surface area (Å²) >= 11 is 0. The van der Waals surface area contributed by atoms with Crippen LogP contribution in [0.5, 0.6) is 5.75 Å². The number of phenols is 1. The molecule has 0 aromatic heterocycles. The van der Waals surface area contributed by atoms with Gasteiger partial charge in [-0.25, -0.2) is 0 Å². The number of aromatic hydroxyl groups is 1. The number of fused-ring (bicyclic) bond motifs is 1. The standard InChI is InChI=1S/C16H16N2O2/c19-15-7-2-1-5-13(15)16(20)18-14-6-3-4-11-10-17-9-8-12(11)14/h1-7,17,19H,8-10H2,(H,18,20). The number of carbonyl (C=O) groups is 1. The molecule has 0 spiro atoms. The molecule has 4 nitrogen and oxygen atoms in total. The van der Waals surface area contributed by atoms with Crippen LogP contribution in [0.25, 0.3) is 0 Å². The van der Waals surface area contributed by atoms with E-state index in [9.17, 15) is 9.90 Å². The molecule has 3 rings (SSSR count). The minimum atomic E-state index is -0.282. The van der Waals surface area contributed by atoms with Crippen molar-refractivity contribution in [3.8, 4) is 5.75 Å². The minimum absolute atomic E-state index is 0.00327. The number of anilines is 1. The number of carbonyl (C=O) groups excluding carboxylic acids is 1. The lowest BCUT2D eigenvalue weighted by atomic mass is 9.99. The van der Waals surface area contributed by atoms with E-state index in [1.165, 1.54) is 17.2 Å². The van der Waals surface area contributed by atoms with Gasteiger partial charge in [0, 0.05) is 12.2 Å². The van der Waals surface area contributed by atoms with Crippen molar-refractivity contribution >= 4 is 11.6 Å². The highest BCUT2D eigenvalue weighted by Gasteiger charge is 2.16. The van der Waals surface area contributed by atoms with Gasteiger partial charge < -0.3 is 15.7 Å². The van der Waals surface area contributed by atoms with Gasteiger partial charge >= 0.3 is 0 Å². The second-order valence-corrected chi connectivity index (χ2v) is 4.84. The number of amides is 1. The monoisotopic (exact) mass is 268 g/mol. The number of para-hydroxylation sites is 1. The highest BCUT2D eigenvalue weighted by molar-refractivity contribution is 6.06. The van der Waals surface area contributed by atoms with Crippen LogP contribution in [0.1, 0.15) is 21.5 Å². The van der Waals surface area contributed by atoms with E-state index in [0.717, 1.165) is 25.2 Å². The van der Waals surface area contributed by atoms with Crippen molar-refractivity contribution in [3.63, 3.8) is 0 Å². The predicted octanol–water partition coefficient (Wildman–Crippen LogP) is 2.29. The second kappa shape index (κ2) is 5.35. The van der Waals surface area contributed by atoms with Gasteiger partial charge in [0.1, 0.15) is 5.75 Å². The lowest BCUT2D eigenvalue weighted by Crippen LogP contribution is -2.25. The summed E-state index contributed by atoms with van der Waals surface area (Å²) in [6.45, 7) is 1.74. The van der Waals surface area contributed by atoms with Crippen LogP contribution in [0.2, 0.25) is 0 Å². The number of rotatable bonds is 2. The molecular formula is C16H16N2O2. The van der Waals surface area contributed by atoms with Gasteiger partial charge in [0.25, 0.3) is 5.91 Å². The molecule has 4 heteroatoms. The van der Waals surface area contributed by atoms with Crippen molar-refractivity contribution in [2.75, 3.05) is 11.9 Å². The predicted molar refractivity (Wildman–Crippen MR) is 77.9 cm³/mol. The van der Waals surface area contributed by atoms with Gasteiger partial charge in [-0.05, 0) is 42.3 Å². The Morgan fingerprint density at radius 2 is 2.00 bits per heavy atom. The average molecular weight is 268 g/mol. The fourth-order valence-corrected chi connectivity index (χ4v) is 2.50. The number of benzene rings is 2. The van der Waals surface area contributed by atoms with Crippen LogP contribution in [0.3, 0.4) is 0 Å². The van der Waals surface area contributed by atoms with Crippen molar-refractivity contribution in [2.45, 2.75) is 13.0 Å². The Bertz CT molecular complexity index is 653. The molecule has 0 unspecified atom stereocenters. The van der Waals surface area contributed by atoms with Gasteiger partial charge in [0.2, 0.25) is 0 Å². The zero-order chi connectivity index (χ0) is 13.9. The summed E-state index contributed by atoms with van der Waals surface area (Å²) in [7, 11) is 0. The SMILES string of the molecule is O=C(Nc1cccc2c1CCNC2)c1ccccc1O. The maximum absolute atomic E-state index is 12.2. The van der Waals surface area contributed by atoms with E-state index in [1.807, 2.05) is 12.1 Å². The van der Waals surface area contributed by atoms with Crippen LogP contribution in [-0.4, -0.2) is 17.6 Å². The highest BCUT2D eigenvalue weighted by atomic mass is 16.3. The molecule has 20 heavy (non-hydrogen) atoms. The first kappa shape index (κ1) is 12.7. The van der Waals surface area contributed by atoms with Gasteiger partial charge in [-0.3, -0.25) is 4.79 Å². The van der Waals surface area contributed by atoms with Gasteiger partial charge in [0.15, 0.2) is 0 Å². The third-order valence-electron chi connectivity index (χ3n) is 3.54. The molecule has 0 atom stereocenters. The number of nitrogens with one attached hydrogen (secondary N) is 2. The largest absolute Gasteiger partial charge is 0.507 e. The molecule has 2 aromatic carbocycles. The van der Waals surface area contributed by atoms with Crippen molar-refractivity contribution in [1.82, 2.24) is 5.32 Å². The van der Waals surface area contributed by atoms with Gasteiger partial charge in [-0.15, -0.1) is 0 Å². The van der Waals surface area contributed by atoms with E-state index in [2.05, 4.69) is 16.7 Å². The van der Waals surface area contributed by atoms with Crippen LogP contribution < -0.4 is 10.6 Å². The highest BCUT2D eigenvalue weighted by Crippen LogP contribution is 2.24. The number of hydrogen-bond donors (Lipinski definition) is 3. The summed E-state index contributed by atoms with van der Waals surface area (Å²) in [6, 6.07) is 12.5. The van der Waals surface area contributed by atoms with Crippen molar-refractivity contribution in [2.24, 2.45) is 0 Å². The van der Waals surface area contributed by atoms with E-state index in [-0.39, 0.29) is 11.7 Å². The summed E-state index contributed by atoms with van der Waals surface area (Å²) in [5.74, 6) is -0.286. The molecule has 0 saturated carbocycles. The van der Waals surface area contributed by atoms with E-state index in [4.69, 9.17) is 0 Å². The van der Waals surface area contributed by atoms with Crippen LogP contribution in [0, 0.1) is 0 Å². The Kier molecular flexibility index (Phi) is 3.39. The summed E-state index contributed by atoms with van der Waals surface area (Å²) in [4.78, 5) is 12.2. The Labute approximate surface area is 117 Å². The summed E-state index contributed by atoms with van der Waals surface area (Å²) in [5, 5.41) is 15.9. The van der Waals surface area contributed by atoms with Crippen molar-refractivity contribution in [3.05, 3.63) is 59.2 Å². The summed E-state index contributed by atoms with van der Waals surface area (Å²) in [6.07, 6.45) is 0.895. The molecule has 0 radical (unpaired) electrons. The first-order valence-corrected chi connectivity index (χ1v) is 6.66. The Hall–Kier alpha value is -2.33. The fraction of sp³-hybridized carbons (Fsp3) is 0.188. The quantitative estimate of drug-likeness (QED) is 0.783. The lowest BCUT2D eigenvalue weighted by Gasteiger charge is -2.20. The zero-order valence-corrected chi connectivity index (χ0v) is 11.0. The van der Waals surface area contributed by atoms with E-state index >= 15 is 0 Å². The Balaban J connectivity index is 1.89. The molecule has 1 amide bonds. The molecular weight excluding hydrogens is 252 g/mol. The average Bonchev–Trinajstić information content (AvgIpc) is 2.48. The van der Waals surface area contributed by atoms with Crippen LogP contribution >= 0.6 is 0 Å². The maximum atomic E-state index is 12.2. The molecule has 1 aliphatic heterocycles. The van der Waals surface area contributed by atoms with Crippen molar-refractivity contribution < 1.29 is 9.90 Å². The third-order valence-corrected chi connectivity index (χ3v) is 3.54.